The molecule has 0 saturated heterocycles. The molecule has 2 amide bonds. The Morgan fingerprint density at radius 1 is 1.33 bits per heavy atom. The molecule has 0 aliphatic carbocycles. The monoisotopic (exact) mass is 311 g/mol. The lowest BCUT2D eigenvalue weighted by Crippen LogP contribution is -2.35. The second-order valence-corrected chi connectivity index (χ2v) is 5.91. The molecule has 116 valence electrons. The molecular formula is C15H22ClN3O2. The van der Waals surface area contributed by atoms with Crippen LogP contribution >= 0.6 is 11.6 Å². The molecule has 0 bridgehead atoms. The van der Waals surface area contributed by atoms with Crippen molar-refractivity contribution >= 4 is 29.1 Å². The Morgan fingerprint density at radius 3 is 2.48 bits per heavy atom. The lowest BCUT2D eigenvalue weighted by molar-refractivity contribution is -0.118. The number of nitrogens with two attached hydrogens (primary N) is 1. The summed E-state index contributed by atoms with van der Waals surface area (Å²) in [6, 6.07) is 5.45. The van der Waals surface area contributed by atoms with Crippen LogP contribution in [0.4, 0.5) is 5.69 Å². The van der Waals surface area contributed by atoms with Crippen molar-refractivity contribution in [1.29, 1.82) is 0 Å². The van der Waals surface area contributed by atoms with Crippen molar-refractivity contribution in [3.8, 4) is 0 Å². The summed E-state index contributed by atoms with van der Waals surface area (Å²) in [5.74, 6) is -0.443. The second kappa shape index (κ2) is 7.31. The molecule has 0 heterocycles. The Kier molecular flexibility index (Phi) is 6.03. The molecule has 0 saturated carbocycles. The fraction of sp³-hybridized carbons (Fsp3) is 0.467. The summed E-state index contributed by atoms with van der Waals surface area (Å²) in [7, 11) is 1.51. The summed E-state index contributed by atoms with van der Waals surface area (Å²) in [6.45, 7) is 6.15. The summed E-state index contributed by atoms with van der Waals surface area (Å²) >= 11 is 6.08. The first-order chi connectivity index (χ1) is 9.72. The van der Waals surface area contributed by atoms with Gasteiger partial charge in [0.25, 0.3) is 5.91 Å². The predicted molar refractivity (Wildman–Crippen MR) is 85.5 cm³/mol. The number of hydrogen-bond acceptors (Lipinski definition) is 3. The molecule has 0 aromatic heterocycles. The largest absolute Gasteiger partial charge is 0.382 e. The zero-order valence-electron chi connectivity index (χ0n) is 12.8. The van der Waals surface area contributed by atoms with Crippen LogP contribution in [0.15, 0.2) is 18.2 Å². The summed E-state index contributed by atoms with van der Waals surface area (Å²) in [5, 5.41) is 3.67. The Labute approximate surface area is 130 Å². The van der Waals surface area contributed by atoms with Gasteiger partial charge in [-0.25, -0.2) is 0 Å². The molecule has 0 radical (unpaired) electrons. The second-order valence-electron chi connectivity index (χ2n) is 5.50. The van der Waals surface area contributed by atoms with E-state index in [9.17, 15) is 9.59 Å². The number of carbonyl (C=O) groups excluding carboxylic acids is 2. The number of primary amides is 1. The summed E-state index contributed by atoms with van der Waals surface area (Å²) in [5.41, 5.74) is 6.26. The van der Waals surface area contributed by atoms with Crippen LogP contribution in [0.2, 0.25) is 5.02 Å². The van der Waals surface area contributed by atoms with E-state index in [0.717, 1.165) is 5.69 Å². The third kappa shape index (κ3) is 4.93. The van der Waals surface area contributed by atoms with Crippen molar-refractivity contribution in [2.24, 2.45) is 11.7 Å². The van der Waals surface area contributed by atoms with Crippen molar-refractivity contribution in [2.75, 3.05) is 18.9 Å². The van der Waals surface area contributed by atoms with Gasteiger partial charge in [-0.1, -0.05) is 25.4 Å². The highest BCUT2D eigenvalue weighted by atomic mass is 35.5. The Morgan fingerprint density at radius 2 is 1.95 bits per heavy atom. The SMILES string of the molecule is CC(C)[C@@H](C)Nc1ccc(Cl)c(C(=O)N(C)CC(N)=O)c1. The number of carbonyl (C=O) groups is 2. The molecule has 1 rings (SSSR count). The van der Waals surface area contributed by atoms with E-state index in [-0.39, 0.29) is 18.5 Å². The maximum Gasteiger partial charge on any atom is 0.255 e. The number of rotatable bonds is 6. The van der Waals surface area contributed by atoms with Gasteiger partial charge in [0.1, 0.15) is 0 Å². The van der Waals surface area contributed by atoms with Gasteiger partial charge in [-0.05, 0) is 31.0 Å². The molecule has 5 nitrogen and oxygen atoms in total. The normalized spacial score (nSPS) is 12.1. The van der Waals surface area contributed by atoms with Gasteiger partial charge in [-0.3, -0.25) is 9.59 Å². The number of likely N-dealkylation sites (N-methyl/N-ethyl adjacent to an activating group) is 1. The summed E-state index contributed by atoms with van der Waals surface area (Å²) < 4.78 is 0. The Hall–Kier alpha value is -1.75. The number of amides is 2. The minimum absolute atomic E-state index is 0.144. The molecule has 0 fully saturated rings. The Bertz CT molecular complexity index is 532. The van der Waals surface area contributed by atoms with Crippen molar-refractivity contribution in [3.63, 3.8) is 0 Å². The zero-order valence-corrected chi connectivity index (χ0v) is 13.6. The first-order valence-corrected chi connectivity index (χ1v) is 7.20. The van der Waals surface area contributed by atoms with E-state index in [4.69, 9.17) is 17.3 Å². The minimum atomic E-state index is -0.565. The lowest BCUT2D eigenvalue weighted by Gasteiger charge is -2.20. The van der Waals surface area contributed by atoms with Gasteiger partial charge in [-0.15, -0.1) is 0 Å². The molecule has 1 aromatic carbocycles. The van der Waals surface area contributed by atoms with E-state index in [1.54, 1.807) is 12.1 Å². The Balaban J connectivity index is 2.96. The van der Waals surface area contributed by atoms with Crippen LogP contribution in [0.3, 0.4) is 0 Å². The smallest absolute Gasteiger partial charge is 0.255 e. The van der Waals surface area contributed by atoms with Gasteiger partial charge in [0.05, 0.1) is 17.1 Å². The fourth-order valence-corrected chi connectivity index (χ4v) is 1.92. The van der Waals surface area contributed by atoms with E-state index >= 15 is 0 Å². The molecule has 21 heavy (non-hydrogen) atoms. The number of hydrogen-bond donors (Lipinski definition) is 2. The van der Waals surface area contributed by atoms with Gasteiger partial charge in [0, 0.05) is 18.8 Å². The van der Waals surface area contributed by atoms with Crippen LogP contribution in [0, 0.1) is 5.92 Å². The van der Waals surface area contributed by atoms with Crippen LogP contribution in [-0.2, 0) is 4.79 Å². The van der Waals surface area contributed by atoms with Gasteiger partial charge in [-0.2, -0.15) is 0 Å². The van der Waals surface area contributed by atoms with E-state index < -0.39 is 5.91 Å². The first-order valence-electron chi connectivity index (χ1n) is 6.82. The molecule has 3 N–H and O–H groups in total. The maximum absolute atomic E-state index is 12.3. The molecule has 6 heteroatoms. The molecule has 0 spiro atoms. The topological polar surface area (TPSA) is 75.4 Å². The number of nitrogens with zero attached hydrogens (tertiary/aromatic N) is 1. The highest BCUT2D eigenvalue weighted by molar-refractivity contribution is 6.34. The minimum Gasteiger partial charge on any atom is -0.382 e. The number of nitrogens with one attached hydrogen (secondary N) is 1. The number of anilines is 1. The average molecular weight is 312 g/mol. The van der Waals surface area contributed by atoms with E-state index in [1.807, 2.05) is 6.07 Å². The van der Waals surface area contributed by atoms with Crippen molar-refractivity contribution in [2.45, 2.75) is 26.8 Å². The maximum atomic E-state index is 12.3. The fourth-order valence-electron chi connectivity index (χ4n) is 1.72. The van der Waals surface area contributed by atoms with Crippen LogP contribution in [0.5, 0.6) is 0 Å². The zero-order chi connectivity index (χ0) is 16.2. The molecule has 0 aliphatic heterocycles. The number of benzene rings is 1. The van der Waals surface area contributed by atoms with Gasteiger partial charge < -0.3 is 16.0 Å². The van der Waals surface area contributed by atoms with Crippen LogP contribution in [-0.4, -0.2) is 36.3 Å². The van der Waals surface area contributed by atoms with Crippen molar-refractivity contribution < 1.29 is 9.59 Å². The number of halogens is 1. The van der Waals surface area contributed by atoms with Crippen molar-refractivity contribution in [1.82, 2.24) is 4.90 Å². The first kappa shape index (κ1) is 17.3. The predicted octanol–water partition coefficient (Wildman–Crippen LogP) is 2.35. The molecular weight excluding hydrogens is 290 g/mol. The average Bonchev–Trinajstić information content (AvgIpc) is 2.39. The molecule has 0 unspecified atom stereocenters. The quantitative estimate of drug-likeness (QED) is 0.846. The summed E-state index contributed by atoms with van der Waals surface area (Å²) in [6.07, 6.45) is 0. The molecule has 1 atom stereocenters. The molecule has 1 aromatic rings. The van der Waals surface area contributed by atoms with E-state index in [2.05, 4.69) is 26.1 Å². The highest BCUT2D eigenvalue weighted by Crippen LogP contribution is 2.23. The van der Waals surface area contributed by atoms with Gasteiger partial charge >= 0.3 is 0 Å². The van der Waals surface area contributed by atoms with Crippen LogP contribution < -0.4 is 11.1 Å². The van der Waals surface area contributed by atoms with E-state index in [1.165, 1.54) is 11.9 Å². The van der Waals surface area contributed by atoms with Gasteiger partial charge in [0.15, 0.2) is 0 Å². The summed E-state index contributed by atoms with van der Waals surface area (Å²) in [4.78, 5) is 24.4. The third-order valence-corrected chi connectivity index (χ3v) is 3.66. The standard InChI is InChI=1S/C15H22ClN3O2/c1-9(2)10(3)18-11-5-6-13(16)12(7-11)15(21)19(4)8-14(17)20/h5-7,9-10,18H,8H2,1-4H3,(H2,17,20)/t10-/m1/s1. The van der Waals surface area contributed by atoms with E-state index in [0.29, 0.717) is 16.5 Å². The highest BCUT2D eigenvalue weighted by Gasteiger charge is 2.17. The van der Waals surface area contributed by atoms with Crippen molar-refractivity contribution in [3.05, 3.63) is 28.8 Å². The molecule has 0 aliphatic rings. The third-order valence-electron chi connectivity index (χ3n) is 3.33. The van der Waals surface area contributed by atoms with Crippen LogP contribution in [0.1, 0.15) is 31.1 Å². The van der Waals surface area contributed by atoms with Gasteiger partial charge in [0.2, 0.25) is 5.91 Å². The lowest BCUT2D eigenvalue weighted by atomic mass is 10.1. The van der Waals surface area contributed by atoms with Crippen LogP contribution in [0.25, 0.3) is 0 Å².